The Kier molecular flexibility index (Phi) is 3.95. The van der Waals surface area contributed by atoms with Gasteiger partial charge in [0.15, 0.2) is 0 Å². The zero-order valence-electron chi connectivity index (χ0n) is 7.97. The van der Waals surface area contributed by atoms with Gasteiger partial charge in [-0.05, 0) is 22.4 Å². The van der Waals surface area contributed by atoms with E-state index in [9.17, 15) is 22.8 Å². The highest BCUT2D eigenvalue weighted by molar-refractivity contribution is 9.10. The molecule has 1 N–H and O–H groups in total. The largest absolute Gasteiger partial charge is 0.389 e. The van der Waals surface area contributed by atoms with Gasteiger partial charge in [0.1, 0.15) is 0 Å². The fourth-order valence-corrected chi connectivity index (χ4v) is 1.44. The third kappa shape index (κ3) is 3.84. The summed E-state index contributed by atoms with van der Waals surface area (Å²) >= 11 is 2.89. The van der Waals surface area contributed by atoms with Gasteiger partial charge in [-0.15, -0.1) is 0 Å². The standard InChI is InChI=1S/C8H8BrF3N2O2/c9-5-4-14(7(16)13-6(5)15)3-1-2-8(10,11)12/h4H,1-3H2,(H,13,15,16). The summed E-state index contributed by atoms with van der Waals surface area (Å²) in [6.07, 6.45) is -4.22. The molecule has 8 heteroatoms. The number of hydrogen-bond donors (Lipinski definition) is 1. The highest BCUT2D eigenvalue weighted by atomic mass is 79.9. The minimum absolute atomic E-state index is 0.0896. The molecule has 0 fully saturated rings. The summed E-state index contributed by atoms with van der Waals surface area (Å²) in [4.78, 5) is 24.1. The highest BCUT2D eigenvalue weighted by Crippen LogP contribution is 2.21. The maximum atomic E-state index is 11.8. The fraction of sp³-hybridized carbons (Fsp3) is 0.500. The second-order valence-corrected chi connectivity index (χ2v) is 4.00. The molecule has 0 unspecified atom stereocenters. The summed E-state index contributed by atoms with van der Waals surface area (Å²) in [6, 6.07) is 0. The predicted octanol–water partition coefficient (Wildman–Crippen LogP) is 1.64. The number of nitrogens with zero attached hydrogens (tertiary/aromatic N) is 1. The van der Waals surface area contributed by atoms with E-state index in [-0.39, 0.29) is 17.4 Å². The molecule has 0 spiro atoms. The normalized spacial score (nSPS) is 11.8. The van der Waals surface area contributed by atoms with Crippen molar-refractivity contribution in [1.82, 2.24) is 9.55 Å². The number of hydrogen-bond acceptors (Lipinski definition) is 2. The average Bonchev–Trinajstić information content (AvgIpc) is 2.11. The molecule has 0 atom stereocenters. The first-order valence-corrected chi connectivity index (χ1v) is 5.15. The van der Waals surface area contributed by atoms with Crippen LogP contribution >= 0.6 is 15.9 Å². The van der Waals surface area contributed by atoms with E-state index in [0.29, 0.717) is 0 Å². The Morgan fingerprint density at radius 3 is 2.56 bits per heavy atom. The number of rotatable bonds is 3. The number of halogens is 4. The number of aromatic amines is 1. The zero-order chi connectivity index (χ0) is 12.3. The van der Waals surface area contributed by atoms with Gasteiger partial charge in [-0.25, -0.2) is 4.79 Å². The Morgan fingerprint density at radius 2 is 2.00 bits per heavy atom. The number of aryl methyl sites for hydroxylation is 1. The molecule has 0 aliphatic carbocycles. The highest BCUT2D eigenvalue weighted by Gasteiger charge is 2.26. The molecular formula is C8H8BrF3N2O2. The van der Waals surface area contributed by atoms with Crippen LogP contribution in [0, 0.1) is 0 Å². The molecule has 1 aromatic heterocycles. The summed E-state index contributed by atoms with van der Waals surface area (Å²) in [6.45, 7) is -0.0896. The van der Waals surface area contributed by atoms with E-state index in [2.05, 4.69) is 15.9 Å². The van der Waals surface area contributed by atoms with Crippen molar-refractivity contribution in [3.8, 4) is 0 Å². The lowest BCUT2D eigenvalue weighted by Crippen LogP contribution is -2.30. The van der Waals surface area contributed by atoms with Crippen molar-refractivity contribution >= 4 is 15.9 Å². The minimum Gasteiger partial charge on any atom is -0.299 e. The molecule has 0 amide bonds. The van der Waals surface area contributed by atoms with E-state index >= 15 is 0 Å². The van der Waals surface area contributed by atoms with E-state index in [0.717, 1.165) is 4.57 Å². The van der Waals surface area contributed by atoms with Gasteiger partial charge in [-0.3, -0.25) is 14.3 Å². The van der Waals surface area contributed by atoms with Crippen molar-refractivity contribution in [3.63, 3.8) is 0 Å². The molecule has 0 bridgehead atoms. The summed E-state index contributed by atoms with van der Waals surface area (Å²) in [5.41, 5.74) is -1.31. The van der Waals surface area contributed by atoms with Crippen LogP contribution in [0.5, 0.6) is 0 Å². The van der Waals surface area contributed by atoms with Crippen molar-refractivity contribution in [1.29, 1.82) is 0 Å². The molecule has 0 aliphatic heterocycles. The topological polar surface area (TPSA) is 54.9 Å². The van der Waals surface area contributed by atoms with Crippen molar-refractivity contribution < 1.29 is 13.2 Å². The molecule has 0 saturated heterocycles. The first-order valence-electron chi connectivity index (χ1n) is 4.35. The molecule has 0 saturated carbocycles. The van der Waals surface area contributed by atoms with E-state index in [1.54, 1.807) is 0 Å². The molecule has 90 valence electrons. The van der Waals surface area contributed by atoms with Gasteiger partial charge in [0.05, 0.1) is 4.47 Å². The monoisotopic (exact) mass is 300 g/mol. The summed E-state index contributed by atoms with van der Waals surface area (Å²) in [7, 11) is 0. The van der Waals surface area contributed by atoms with Gasteiger partial charge < -0.3 is 0 Å². The molecular weight excluding hydrogens is 293 g/mol. The molecule has 1 rings (SSSR count). The van der Waals surface area contributed by atoms with Gasteiger partial charge in [0.25, 0.3) is 5.56 Å². The lowest BCUT2D eigenvalue weighted by atomic mass is 10.3. The second-order valence-electron chi connectivity index (χ2n) is 3.15. The Balaban J connectivity index is 2.72. The Bertz CT molecular complexity index is 477. The maximum Gasteiger partial charge on any atom is 0.389 e. The molecule has 4 nitrogen and oxygen atoms in total. The van der Waals surface area contributed by atoms with Crippen LogP contribution in [0.25, 0.3) is 0 Å². The fourth-order valence-electron chi connectivity index (χ4n) is 1.10. The van der Waals surface area contributed by atoms with E-state index in [1.807, 2.05) is 4.98 Å². The number of alkyl halides is 3. The number of H-pyrrole nitrogens is 1. The molecule has 1 aromatic rings. The van der Waals surface area contributed by atoms with Crippen LogP contribution in [0.1, 0.15) is 12.8 Å². The van der Waals surface area contributed by atoms with E-state index in [1.165, 1.54) is 6.20 Å². The Hall–Kier alpha value is -1.05. The second kappa shape index (κ2) is 4.86. The summed E-state index contributed by atoms with van der Waals surface area (Å²) in [5.74, 6) is 0. The van der Waals surface area contributed by atoms with Gasteiger partial charge in [-0.1, -0.05) is 0 Å². The van der Waals surface area contributed by atoms with Crippen LogP contribution in [-0.2, 0) is 6.54 Å². The smallest absolute Gasteiger partial charge is 0.299 e. The third-order valence-electron chi connectivity index (χ3n) is 1.83. The van der Waals surface area contributed by atoms with Crippen molar-refractivity contribution in [3.05, 3.63) is 31.5 Å². The van der Waals surface area contributed by atoms with Crippen LogP contribution in [0.2, 0.25) is 0 Å². The molecule has 16 heavy (non-hydrogen) atoms. The van der Waals surface area contributed by atoms with Crippen molar-refractivity contribution in [2.45, 2.75) is 25.6 Å². The van der Waals surface area contributed by atoms with Crippen LogP contribution in [0.4, 0.5) is 13.2 Å². The molecule has 0 aromatic carbocycles. The van der Waals surface area contributed by atoms with Gasteiger partial charge in [0, 0.05) is 19.2 Å². The lowest BCUT2D eigenvalue weighted by molar-refractivity contribution is -0.135. The van der Waals surface area contributed by atoms with Crippen molar-refractivity contribution in [2.24, 2.45) is 0 Å². The number of nitrogens with one attached hydrogen (secondary N) is 1. The maximum absolute atomic E-state index is 11.8. The Morgan fingerprint density at radius 1 is 1.38 bits per heavy atom. The third-order valence-corrected chi connectivity index (χ3v) is 2.39. The summed E-state index contributed by atoms with van der Waals surface area (Å²) in [5, 5.41) is 0. The van der Waals surface area contributed by atoms with Crippen LogP contribution in [0.15, 0.2) is 20.3 Å². The number of aromatic nitrogens is 2. The van der Waals surface area contributed by atoms with Gasteiger partial charge in [0.2, 0.25) is 0 Å². The summed E-state index contributed by atoms with van der Waals surface area (Å²) < 4.78 is 36.7. The van der Waals surface area contributed by atoms with Gasteiger partial charge >= 0.3 is 11.9 Å². The van der Waals surface area contributed by atoms with E-state index in [4.69, 9.17) is 0 Å². The minimum atomic E-state index is -4.23. The first-order chi connectivity index (χ1) is 7.29. The molecule has 0 aliphatic rings. The SMILES string of the molecule is O=c1[nH]c(=O)n(CCCC(F)(F)F)cc1Br. The zero-order valence-corrected chi connectivity index (χ0v) is 9.56. The first kappa shape index (κ1) is 13.0. The van der Waals surface area contributed by atoms with Crippen LogP contribution < -0.4 is 11.2 Å². The molecule has 1 heterocycles. The average molecular weight is 301 g/mol. The van der Waals surface area contributed by atoms with Crippen molar-refractivity contribution in [2.75, 3.05) is 0 Å². The quantitative estimate of drug-likeness (QED) is 0.923. The lowest BCUT2D eigenvalue weighted by Gasteiger charge is -2.07. The van der Waals surface area contributed by atoms with Crippen LogP contribution in [-0.4, -0.2) is 15.7 Å². The van der Waals surface area contributed by atoms with Gasteiger partial charge in [-0.2, -0.15) is 13.2 Å². The molecule has 0 radical (unpaired) electrons. The predicted molar refractivity (Wildman–Crippen MR) is 54.3 cm³/mol. The van der Waals surface area contributed by atoms with Crippen LogP contribution in [0.3, 0.4) is 0 Å². The Labute approximate surface area is 96.2 Å². The van der Waals surface area contributed by atoms with E-state index < -0.39 is 23.8 Å².